The van der Waals surface area contributed by atoms with Gasteiger partial charge in [0.1, 0.15) is 0 Å². The maximum absolute atomic E-state index is 11.8. The van der Waals surface area contributed by atoms with Crippen LogP contribution in [-0.4, -0.2) is 21.4 Å². The van der Waals surface area contributed by atoms with E-state index in [-0.39, 0.29) is 5.91 Å². The Morgan fingerprint density at radius 1 is 1.58 bits per heavy atom. The van der Waals surface area contributed by atoms with Crippen molar-refractivity contribution in [3.63, 3.8) is 0 Å². The van der Waals surface area contributed by atoms with Gasteiger partial charge in [-0.1, -0.05) is 6.07 Å². The molecular formula is C13H12N4OS. The van der Waals surface area contributed by atoms with E-state index in [1.807, 2.05) is 19.3 Å². The number of aromatic nitrogens is 2. The maximum atomic E-state index is 11.8. The smallest absolute Gasteiger partial charge is 0.234 e. The van der Waals surface area contributed by atoms with E-state index in [2.05, 4.69) is 10.4 Å². The van der Waals surface area contributed by atoms with Crippen LogP contribution in [0, 0.1) is 11.3 Å². The summed E-state index contributed by atoms with van der Waals surface area (Å²) in [4.78, 5) is 12.7. The molecule has 0 aliphatic carbocycles. The Labute approximate surface area is 115 Å². The summed E-state index contributed by atoms with van der Waals surface area (Å²) in [5.41, 5.74) is 1.16. The number of nitrogens with zero attached hydrogens (tertiary/aromatic N) is 3. The summed E-state index contributed by atoms with van der Waals surface area (Å²) < 4.78 is 1.69. The number of hydrogen-bond acceptors (Lipinski definition) is 4. The van der Waals surface area contributed by atoms with E-state index in [0.717, 1.165) is 4.90 Å². The molecule has 1 aromatic heterocycles. The maximum Gasteiger partial charge on any atom is 0.234 e. The highest BCUT2D eigenvalue weighted by molar-refractivity contribution is 8.00. The molecule has 6 heteroatoms. The summed E-state index contributed by atoms with van der Waals surface area (Å²) in [7, 11) is 1.83. The highest BCUT2D eigenvalue weighted by Crippen LogP contribution is 2.17. The number of carbonyl (C=O) groups is 1. The summed E-state index contributed by atoms with van der Waals surface area (Å²) in [5, 5.41) is 15.6. The van der Waals surface area contributed by atoms with Gasteiger partial charge in [0, 0.05) is 23.8 Å². The van der Waals surface area contributed by atoms with Gasteiger partial charge in [-0.25, -0.2) is 0 Å². The lowest BCUT2D eigenvalue weighted by atomic mass is 10.2. The number of benzene rings is 1. The van der Waals surface area contributed by atoms with Gasteiger partial charge in [0.2, 0.25) is 5.91 Å². The van der Waals surface area contributed by atoms with Crippen LogP contribution in [0.15, 0.2) is 41.6 Å². The molecule has 0 atom stereocenters. The molecule has 0 aliphatic rings. The zero-order valence-electron chi connectivity index (χ0n) is 10.3. The summed E-state index contributed by atoms with van der Waals surface area (Å²) >= 11 is 1.42. The van der Waals surface area contributed by atoms with E-state index in [1.165, 1.54) is 11.8 Å². The van der Waals surface area contributed by atoms with Crippen LogP contribution in [0.2, 0.25) is 0 Å². The number of thioether (sulfide) groups is 1. The normalized spacial score (nSPS) is 9.89. The van der Waals surface area contributed by atoms with Crippen LogP contribution in [-0.2, 0) is 11.8 Å². The molecule has 5 nitrogen and oxygen atoms in total. The third kappa shape index (κ3) is 3.86. The van der Waals surface area contributed by atoms with Gasteiger partial charge >= 0.3 is 0 Å². The Bertz CT molecular complexity index is 630. The number of aryl methyl sites for hydroxylation is 1. The van der Waals surface area contributed by atoms with Crippen LogP contribution in [0.25, 0.3) is 0 Å². The second kappa shape index (κ2) is 6.07. The van der Waals surface area contributed by atoms with Gasteiger partial charge in [0.15, 0.2) is 0 Å². The first-order chi connectivity index (χ1) is 9.17. The van der Waals surface area contributed by atoms with Gasteiger partial charge in [0.25, 0.3) is 0 Å². The quantitative estimate of drug-likeness (QED) is 0.864. The second-order valence-electron chi connectivity index (χ2n) is 3.88. The molecule has 0 spiro atoms. The van der Waals surface area contributed by atoms with E-state index < -0.39 is 0 Å². The number of hydrogen-bond donors (Lipinski definition) is 1. The van der Waals surface area contributed by atoms with Crippen molar-refractivity contribution in [2.45, 2.75) is 4.90 Å². The highest BCUT2D eigenvalue weighted by atomic mass is 32.2. The lowest BCUT2D eigenvalue weighted by molar-refractivity contribution is -0.113. The Morgan fingerprint density at radius 2 is 2.42 bits per heavy atom. The molecule has 19 heavy (non-hydrogen) atoms. The number of nitriles is 1. The molecular weight excluding hydrogens is 260 g/mol. The number of amides is 1. The second-order valence-corrected chi connectivity index (χ2v) is 4.93. The van der Waals surface area contributed by atoms with Crippen LogP contribution in [0.1, 0.15) is 5.56 Å². The van der Waals surface area contributed by atoms with Crippen LogP contribution in [0.4, 0.5) is 5.69 Å². The van der Waals surface area contributed by atoms with E-state index in [0.29, 0.717) is 17.0 Å². The fourth-order valence-corrected chi connectivity index (χ4v) is 2.20. The molecule has 1 N–H and O–H groups in total. The zero-order chi connectivity index (χ0) is 13.7. The van der Waals surface area contributed by atoms with E-state index in [9.17, 15) is 4.79 Å². The molecule has 1 heterocycles. The van der Waals surface area contributed by atoms with E-state index in [4.69, 9.17) is 5.26 Å². The average Bonchev–Trinajstić information content (AvgIpc) is 2.82. The summed E-state index contributed by atoms with van der Waals surface area (Å²) in [6.07, 6.45) is 3.57. The average molecular weight is 272 g/mol. The fraction of sp³-hybridized carbons (Fsp3) is 0.154. The molecule has 2 aromatic rings. The predicted octanol–water partition coefficient (Wildman–Crippen LogP) is 2.02. The van der Waals surface area contributed by atoms with Crippen molar-refractivity contribution in [1.29, 1.82) is 5.26 Å². The number of nitrogens with one attached hydrogen (secondary N) is 1. The minimum absolute atomic E-state index is 0.107. The van der Waals surface area contributed by atoms with E-state index in [1.54, 1.807) is 35.1 Å². The minimum Gasteiger partial charge on any atom is -0.325 e. The first kappa shape index (κ1) is 13.2. The van der Waals surface area contributed by atoms with Crippen molar-refractivity contribution < 1.29 is 4.79 Å². The first-order valence-electron chi connectivity index (χ1n) is 5.59. The van der Waals surface area contributed by atoms with Gasteiger partial charge in [-0.3, -0.25) is 9.48 Å². The van der Waals surface area contributed by atoms with Crippen LogP contribution >= 0.6 is 11.8 Å². The van der Waals surface area contributed by atoms with Gasteiger partial charge < -0.3 is 5.32 Å². The molecule has 0 saturated carbocycles. The zero-order valence-corrected chi connectivity index (χ0v) is 11.1. The topological polar surface area (TPSA) is 70.7 Å². The Morgan fingerprint density at radius 3 is 3.11 bits per heavy atom. The minimum atomic E-state index is -0.107. The number of anilines is 1. The number of carbonyl (C=O) groups excluding carboxylic acids is 1. The van der Waals surface area contributed by atoms with Gasteiger partial charge in [-0.15, -0.1) is 11.8 Å². The van der Waals surface area contributed by atoms with Crippen molar-refractivity contribution >= 4 is 23.4 Å². The lowest BCUT2D eigenvalue weighted by Crippen LogP contribution is -2.13. The molecule has 0 bridgehead atoms. The first-order valence-corrected chi connectivity index (χ1v) is 6.57. The molecule has 96 valence electrons. The molecule has 0 radical (unpaired) electrons. The fourth-order valence-electron chi connectivity index (χ4n) is 1.49. The number of rotatable bonds is 4. The third-order valence-corrected chi connectivity index (χ3v) is 3.28. The molecule has 0 aliphatic heterocycles. The Balaban J connectivity index is 1.89. The molecule has 0 unspecified atom stereocenters. The van der Waals surface area contributed by atoms with Gasteiger partial charge in [-0.2, -0.15) is 10.4 Å². The summed E-state index contributed by atoms with van der Waals surface area (Å²) in [6.45, 7) is 0. The lowest BCUT2D eigenvalue weighted by Gasteiger charge is -2.04. The van der Waals surface area contributed by atoms with E-state index >= 15 is 0 Å². The third-order valence-electron chi connectivity index (χ3n) is 2.33. The molecule has 1 amide bonds. The van der Waals surface area contributed by atoms with Crippen molar-refractivity contribution in [3.8, 4) is 6.07 Å². The van der Waals surface area contributed by atoms with Gasteiger partial charge in [-0.05, 0) is 18.2 Å². The monoisotopic (exact) mass is 272 g/mol. The van der Waals surface area contributed by atoms with Crippen molar-refractivity contribution in [3.05, 3.63) is 42.2 Å². The van der Waals surface area contributed by atoms with Gasteiger partial charge in [0.05, 0.1) is 23.6 Å². The standard InChI is InChI=1S/C13H12N4OS/c1-17-8-12(7-15-17)19-9-13(18)16-11-4-2-3-10(5-11)6-14/h2-5,7-8H,9H2,1H3,(H,16,18). The summed E-state index contributed by atoms with van der Waals surface area (Å²) in [5.74, 6) is 0.201. The Hall–Kier alpha value is -2.26. The van der Waals surface area contributed by atoms with Crippen molar-refractivity contribution in [2.75, 3.05) is 11.1 Å². The molecule has 0 saturated heterocycles. The highest BCUT2D eigenvalue weighted by Gasteiger charge is 2.05. The van der Waals surface area contributed by atoms with Crippen molar-refractivity contribution in [2.24, 2.45) is 7.05 Å². The van der Waals surface area contributed by atoms with Crippen LogP contribution in [0.5, 0.6) is 0 Å². The molecule has 1 aromatic carbocycles. The molecule has 0 fully saturated rings. The predicted molar refractivity (Wildman–Crippen MR) is 73.7 cm³/mol. The van der Waals surface area contributed by atoms with Crippen molar-refractivity contribution in [1.82, 2.24) is 9.78 Å². The summed E-state index contributed by atoms with van der Waals surface area (Å²) in [6, 6.07) is 8.87. The molecule has 2 rings (SSSR count). The van der Waals surface area contributed by atoms with Crippen LogP contribution in [0.3, 0.4) is 0 Å². The van der Waals surface area contributed by atoms with Crippen LogP contribution < -0.4 is 5.32 Å². The Kier molecular flexibility index (Phi) is 4.21. The SMILES string of the molecule is Cn1cc(SCC(=O)Nc2cccc(C#N)c2)cn1. The largest absolute Gasteiger partial charge is 0.325 e.